The second-order valence-electron chi connectivity index (χ2n) is 15.5. The Bertz CT molecular complexity index is 3740. The predicted octanol–water partition coefficient (Wildman–Crippen LogP) is 11.6. The van der Waals surface area contributed by atoms with Crippen molar-refractivity contribution >= 4 is 112 Å². The third-order valence-electron chi connectivity index (χ3n) is 12.5. The van der Waals surface area contributed by atoms with Crippen molar-refractivity contribution in [2.24, 2.45) is 0 Å². The van der Waals surface area contributed by atoms with E-state index < -0.39 is 8.80 Å². The van der Waals surface area contributed by atoms with Crippen LogP contribution in [0.25, 0.3) is 92.9 Å². The van der Waals surface area contributed by atoms with Gasteiger partial charge in [-0.2, -0.15) is 15.6 Å². The highest BCUT2D eigenvalue weighted by Crippen LogP contribution is 2.42. The standard InChI is InChI=1S/C54H34N3Si/c1-3-15-36(16-4-1)58(37-17-5-2-6-18-37)38-31-29-35(30-32-38)55-47-26-10-9-21-41(47)46-33-51-52(34-50(46)55)57-49-28-12-8-20-40(49)43-23-14-25-45(54(43)57)44-24-13-22-42-39-19-7-11-27-48(39)56(51)53(42)44/h1-34H/q-1. The van der Waals surface area contributed by atoms with Crippen LogP contribution in [0.15, 0.2) is 206 Å². The van der Waals surface area contributed by atoms with Gasteiger partial charge in [0.05, 0.1) is 44.1 Å². The molecule has 0 spiro atoms. The summed E-state index contributed by atoms with van der Waals surface area (Å²) in [5.41, 5.74) is 10.8. The van der Waals surface area contributed by atoms with Gasteiger partial charge in [-0.05, 0) is 42.5 Å². The number of fused-ring (bicyclic) bond motifs is 13. The first-order valence-corrected chi connectivity index (χ1v) is 21.5. The molecule has 0 aliphatic rings. The lowest BCUT2D eigenvalue weighted by atomic mass is 10.0. The number of hydrogen-bond acceptors (Lipinski definition) is 0. The van der Waals surface area contributed by atoms with Crippen LogP contribution >= 0.6 is 0 Å². The Morgan fingerprint density at radius 2 is 0.655 bits per heavy atom. The van der Waals surface area contributed by atoms with Crippen LogP contribution in [0.5, 0.6) is 0 Å². The minimum absolute atomic E-state index is 1.16. The predicted molar refractivity (Wildman–Crippen MR) is 248 cm³/mol. The Hall–Kier alpha value is -7.40. The van der Waals surface area contributed by atoms with Gasteiger partial charge in [0.25, 0.3) is 0 Å². The summed E-state index contributed by atoms with van der Waals surface area (Å²) in [7, 11) is -1.20. The number of benzene rings is 9. The zero-order valence-electron chi connectivity index (χ0n) is 31.5. The van der Waals surface area contributed by atoms with E-state index in [0.29, 0.717) is 0 Å². The van der Waals surface area contributed by atoms with Crippen molar-refractivity contribution in [3.05, 3.63) is 206 Å². The number of nitrogens with zero attached hydrogens (tertiary/aromatic N) is 3. The molecular formula is C54H34N3Si-. The van der Waals surface area contributed by atoms with Gasteiger partial charge in [0.15, 0.2) is 0 Å². The van der Waals surface area contributed by atoms with Gasteiger partial charge in [-0.3, -0.25) is 0 Å². The first-order valence-electron chi connectivity index (χ1n) is 20.0. The van der Waals surface area contributed by atoms with Crippen molar-refractivity contribution in [3.8, 4) is 5.69 Å². The fraction of sp³-hybridized carbons (Fsp3) is 0. The minimum Gasteiger partial charge on any atom is -0.309 e. The van der Waals surface area contributed by atoms with E-state index in [9.17, 15) is 0 Å². The van der Waals surface area contributed by atoms with Crippen molar-refractivity contribution in [2.75, 3.05) is 0 Å². The van der Waals surface area contributed by atoms with E-state index in [1.54, 1.807) is 0 Å². The average Bonchev–Trinajstić information content (AvgIpc) is 3.92. The molecule has 13 rings (SSSR count). The van der Waals surface area contributed by atoms with Gasteiger partial charge in [-0.15, -0.1) is 0 Å². The normalized spacial score (nSPS) is 12.1. The highest BCUT2D eigenvalue weighted by Gasteiger charge is 2.21. The molecule has 0 atom stereocenters. The third kappa shape index (κ3) is 4.32. The Morgan fingerprint density at radius 1 is 0.259 bits per heavy atom. The Labute approximate surface area is 335 Å². The fourth-order valence-electron chi connectivity index (χ4n) is 10.1. The summed E-state index contributed by atoms with van der Waals surface area (Å²) in [5, 5.41) is 14.2. The molecule has 270 valence electrons. The van der Waals surface area contributed by atoms with E-state index in [2.05, 4.69) is 220 Å². The van der Waals surface area contributed by atoms with Crippen molar-refractivity contribution in [3.63, 3.8) is 0 Å². The van der Waals surface area contributed by atoms with E-state index in [1.165, 1.54) is 103 Å². The Balaban J connectivity index is 1.19. The molecule has 4 aromatic heterocycles. The van der Waals surface area contributed by atoms with E-state index in [-0.39, 0.29) is 0 Å². The number of hydrogen-bond donors (Lipinski definition) is 0. The van der Waals surface area contributed by atoms with Crippen LogP contribution in [0.4, 0.5) is 0 Å². The van der Waals surface area contributed by atoms with E-state index in [1.807, 2.05) is 0 Å². The van der Waals surface area contributed by atoms with Crippen molar-refractivity contribution < 1.29 is 0 Å². The maximum Gasteiger partial charge on any atom is 0.0724 e. The fourth-order valence-corrected chi connectivity index (χ4v) is 12.6. The van der Waals surface area contributed by atoms with Crippen LogP contribution in [0, 0.1) is 0 Å². The van der Waals surface area contributed by atoms with E-state index >= 15 is 0 Å². The molecule has 4 heterocycles. The molecule has 0 amide bonds. The second kappa shape index (κ2) is 12.0. The van der Waals surface area contributed by atoms with Gasteiger partial charge in [0.2, 0.25) is 0 Å². The maximum absolute atomic E-state index is 2.55. The molecule has 0 radical (unpaired) electrons. The summed E-state index contributed by atoms with van der Waals surface area (Å²) in [5.74, 6) is 0. The molecule has 0 bridgehead atoms. The maximum atomic E-state index is 2.55. The molecule has 0 saturated carbocycles. The number of aromatic nitrogens is 3. The summed E-state index contributed by atoms with van der Waals surface area (Å²) < 4.78 is 7.57. The smallest absolute Gasteiger partial charge is 0.0724 e. The average molecular weight is 753 g/mol. The van der Waals surface area contributed by atoms with Gasteiger partial charge < -0.3 is 13.4 Å². The summed E-state index contributed by atoms with van der Waals surface area (Å²) in [6.45, 7) is 0. The molecule has 9 aromatic carbocycles. The van der Waals surface area contributed by atoms with Gasteiger partial charge in [0, 0.05) is 48.8 Å². The zero-order chi connectivity index (χ0) is 37.9. The largest absolute Gasteiger partial charge is 0.309 e. The van der Waals surface area contributed by atoms with E-state index in [4.69, 9.17) is 0 Å². The monoisotopic (exact) mass is 752 g/mol. The molecule has 0 aliphatic carbocycles. The molecular weight excluding hydrogens is 719 g/mol. The molecule has 0 fully saturated rings. The molecule has 58 heavy (non-hydrogen) atoms. The Morgan fingerprint density at radius 3 is 1.19 bits per heavy atom. The third-order valence-corrected chi connectivity index (χ3v) is 15.2. The summed E-state index contributed by atoms with van der Waals surface area (Å²) >= 11 is 0. The van der Waals surface area contributed by atoms with Crippen LogP contribution < -0.4 is 15.6 Å². The molecule has 0 unspecified atom stereocenters. The minimum atomic E-state index is -1.20. The van der Waals surface area contributed by atoms with Gasteiger partial charge in [-0.25, -0.2) is 8.80 Å². The first-order chi connectivity index (χ1) is 28.8. The van der Waals surface area contributed by atoms with Crippen LogP contribution in [0.1, 0.15) is 0 Å². The van der Waals surface area contributed by atoms with Crippen LogP contribution in [-0.4, -0.2) is 22.2 Å². The number of para-hydroxylation sites is 5. The molecule has 0 N–H and O–H groups in total. The molecule has 3 nitrogen and oxygen atoms in total. The topological polar surface area (TPSA) is 13.8 Å². The second-order valence-corrected chi connectivity index (χ2v) is 18.0. The van der Waals surface area contributed by atoms with Crippen LogP contribution in [-0.2, 0) is 0 Å². The molecule has 4 heteroatoms. The van der Waals surface area contributed by atoms with Gasteiger partial charge in [-0.1, -0.05) is 164 Å². The highest BCUT2D eigenvalue weighted by molar-refractivity contribution is 6.95. The molecule has 13 aromatic rings. The Kier molecular flexibility index (Phi) is 6.60. The lowest BCUT2D eigenvalue weighted by Gasteiger charge is -2.33. The van der Waals surface area contributed by atoms with Crippen molar-refractivity contribution in [1.29, 1.82) is 0 Å². The first kappa shape index (κ1) is 31.8. The molecule has 0 aliphatic heterocycles. The highest BCUT2D eigenvalue weighted by atomic mass is 28.3. The summed E-state index contributed by atoms with van der Waals surface area (Å²) in [4.78, 5) is 0. The summed E-state index contributed by atoms with van der Waals surface area (Å²) in [6, 6.07) is 76.9. The zero-order valence-corrected chi connectivity index (χ0v) is 32.5. The van der Waals surface area contributed by atoms with Crippen molar-refractivity contribution in [2.45, 2.75) is 0 Å². The lowest BCUT2D eigenvalue weighted by Crippen LogP contribution is -2.51. The van der Waals surface area contributed by atoms with Gasteiger partial charge >= 0.3 is 0 Å². The van der Waals surface area contributed by atoms with Crippen LogP contribution in [0.3, 0.4) is 0 Å². The van der Waals surface area contributed by atoms with Crippen LogP contribution in [0.2, 0.25) is 0 Å². The quantitative estimate of drug-likeness (QED) is 0.126. The SMILES string of the molecule is c1ccc([Si-](c2ccccc2)c2ccc(-n3c4ccccc4c4cc5c(cc43)n3c4ccccc4c4cccc(c6cccc7c8ccccc8n5c76)c43)cc2)cc1. The van der Waals surface area contributed by atoms with Crippen molar-refractivity contribution in [1.82, 2.24) is 13.4 Å². The lowest BCUT2D eigenvalue weighted by molar-refractivity contribution is 1.18. The number of rotatable bonds is 4. The molecule has 0 saturated heterocycles. The van der Waals surface area contributed by atoms with E-state index in [0.717, 1.165) is 5.69 Å². The summed E-state index contributed by atoms with van der Waals surface area (Å²) in [6.07, 6.45) is 0. The van der Waals surface area contributed by atoms with Gasteiger partial charge in [0.1, 0.15) is 0 Å².